The zero-order valence-corrected chi connectivity index (χ0v) is 10.7. The number of hydrogen-bond donors (Lipinski definition) is 1. The van der Waals surface area contributed by atoms with Crippen molar-refractivity contribution in [3.8, 4) is 11.8 Å². The van der Waals surface area contributed by atoms with Gasteiger partial charge in [0.05, 0.1) is 0 Å². The number of nitrogens with zero attached hydrogens (tertiary/aromatic N) is 2. The lowest BCUT2D eigenvalue weighted by Crippen LogP contribution is -2.09. The molecule has 0 amide bonds. The molecule has 2 rings (SSSR count). The summed E-state index contributed by atoms with van der Waals surface area (Å²) < 4.78 is 42.8. The standard InChI is InChI=1S/C12H9ClF3N3O/c13-8-2-1-3-9(7(8)6-17)20-11-18-5-4-10(19-11)12(14,15)16/h1-5H,6,17H2. The van der Waals surface area contributed by atoms with Crippen LogP contribution in [0.25, 0.3) is 0 Å². The highest BCUT2D eigenvalue weighted by Gasteiger charge is 2.33. The summed E-state index contributed by atoms with van der Waals surface area (Å²) in [5.74, 6) is 0.222. The Morgan fingerprint density at radius 3 is 2.65 bits per heavy atom. The molecule has 20 heavy (non-hydrogen) atoms. The van der Waals surface area contributed by atoms with Crippen molar-refractivity contribution < 1.29 is 17.9 Å². The fraction of sp³-hybridized carbons (Fsp3) is 0.167. The largest absolute Gasteiger partial charge is 0.433 e. The summed E-state index contributed by atoms with van der Waals surface area (Å²) in [6, 6.07) is 5.05. The number of hydrogen-bond acceptors (Lipinski definition) is 4. The Kier molecular flexibility index (Phi) is 4.10. The van der Waals surface area contributed by atoms with Crippen LogP contribution in [-0.4, -0.2) is 9.97 Å². The maximum absolute atomic E-state index is 12.5. The van der Waals surface area contributed by atoms with Gasteiger partial charge in [0.2, 0.25) is 0 Å². The van der Waals surface area contributed by atoms with Crippen molar-refractivity contribution in [2.24, 2.45) is 5.73 Å². The van der Waals surface area contributed by atoms with Crippen LogP contribution in [0.4, 0.5) is 13.2 Å². The Morgan fingerprint density at radius 1 is 1.25 bits per heavy atom. The Morgan fingerprint density at radius 2 is 2.00 bits per heavy atom. The lowest BCUT2D eigenvalue weighted by molar-refractivity contribution is -0.141. The molecule has 106 valence electrons. The number of alkyl halides is 3. The molecule has 4 nitrogen and oxygen atoms in total. The minimum absolute atomic E-state index is 0.0773. The van der Waals surface area contributed by atoms with E-state index in [4.69, 9.17) is 22.1 Å². The smallest absolute Gasteiger partial charge is 0.424 e. The number of halogens is 4. The molecule has 1 aromatic carbocycles. The van der Waals surface area contributed by atoms with Crippen molar-refractivity contribution in [2.45, 2.75) is 12.7 Å². The molecule has 0 atom stereocenters. The van der Waals surface area contributed by atoms with Crippen LogP contribution >= 0.6 is 11.6 Å². The van der Waals surface area contributed by atoms with Crippen LogP contribution in [0, 0.1) is 0 Å². The lowest BCUT2D eigenvalue weighted by Gasteiger charge is -2.11. The molecule has 1 heterocycles. The third-order valence-electron chi connectivity index (χ3n) is 2.41. The normalized spacial score (nSPS) is 11.4. The molecule has 0 fully saturated rings. The average molecular weight is 304 g/mol. The quantitative estimate of drug-likeness (QED) is 0.944. The van der Waals surface area contributed by atoms with E-state index >= 15 is 0 Å². The van der Waals surface area contributed by atoms with Gasteiger partial charge in [-0.05, 0) is 18.2 Å². The van der Waals surface area contributed by atoms with Gasteiger partial charge in [-0.3, -0.25) is 0 Å². The molecular formula is C12H9ClF3N3O. The van der Waals surface area contributed by atoms with Crippen LogP contribution < -0.4 is 10.5 Å². The van der Waals surface area contributed by atoms with Gasteiger partial charge in [0.25, 0.3) is 0 Å². The second-order valence-electron chi connectivity index (χ2n) is 3.74. The van der Waals surface area contributed by atoms with Crippen LogP contribution in [0.3, 0.4) is 0 Å². The van der Waals surface area contributed by atoms with E-state index < -0.39 is 17.9 Å². The molecule has 0 radical (unpaired) electrons. The minimum atomic E-state index is -4.56. The Balaban J connectivity index is 2.34. The summed E-state index contributed by atoms with van der Waals surface area (Å²) in [4.78, 5) is 6.94. The van der Waals surface area contributed by atoms with E-state index in [-0.39, 0.29) is 12.3 Å². The van der Waals surface area contributed by atoms with Crippen LogP contribution in [-0.2, 0) is 12.7 Å². The molecule has 1 aromatic heterocycles. The molecule has 0 unspecified atom stereocenters. The first-order chi connectivity index (χ1) is 9.41. The number of aromatic nitrogens is 2. The van der Waals surface area contributed by atoms with E-state index in [0.29, 0.717) is 10.6 Å². The molecule has 8 heteroatoms. The van der Waals surface area contributed by atoms with Gasteiger partial charge in [0.1, 0.15) is 5.75 Å². The predicted molar refractivity (Wildman–Crippen MR) is 66.5 cm³/mol. The Labute approximate surface area is 117 Å². The molecule has 0 aliphatic rings. The monoisotopic (exact) mass is 303 g/mol. The van der Waals surface area contributed by atoms with Crippen molar-refractivity contribution in [1.82, 2.24) is 9.97 Å². The van der Waals surface area contributed by atoms with Gasteiger partial charge in [0.15, 0.2) is 5.69 Å². The zero-order chi connectivity index (χ0) is 14.8. The molecule has 0 saturated carbocycles. The summed E-state index contributed by atoms with van der Waals surface area (Å²) in [6.07, 6.45) is -3.59. The average Bonchev–Trinajstić information content (AvgIpc) is 2.38. The maximum Gasteiger partial charge on any atom is 0.433 e. The number of rotatable bonds is 3. The summed E-state index contributed by atoms with van der Waals surface area (Å²) in [5, 5.41) is 0.358. The van der Waals surface area contributed by atoms with Gasteiger partial charge in [0, 0.05) is 23.3 Å². The minimum Gasteiger partial charge on any atom is -0.424 e. The fourth-order valence-corrected chi connectivity index (χ4v) is 1.72. The second kappa shape index (κ2) is 5.64. The van der Waals surface area contributed by atoms with E-state index in [1.165, 1.54) is 6.07 Å². The van der Waals surface area contributed by atoms with Gasteiger partial charge < -0.3 is 10.5 Å². The van der Waals surface area contributed by atoms with Gasteiger partial charge in [-0.25, -0.2) is 4.98 Å². The summed E-state index contributed by atoms with van der Waals surface area (Å²) >= 11 is 5.92. The highest BCUT2D eigenvalue weighted by molar-refractivity contribution is 6.31. The third-order valence-corrected chi connectivity index (χ3v) is 2.76. The SMILES string of the molecule is NCc1c(Cl)cccc1Oc1nccc(C(F)(F)F)n1. The van der Waals surface area contributed by atoms with Crippen molar-refractivity contribution in [1.29, 1.82) is 0 Å². The van der Waals surface area contributed by atoms with Gasteiger partial charge in [-0.1, -0.05) is 17.7 Å². The summed E-state index contributed by atoms with van der Waals surface area (Å²) in [6.45, 7) is 0.0773. The molecule has 0 aliphatic carbocycles. The zero-order valence-electron chi connectivity index (χ0n) is 9.99. The van der Waals surface area contributed by atoms with Gasteiger partial charge in [-0.15, -0.1) is 0 Å². The molecule has 2 aromatic rings. The molecule has 2 N–H and O–H groups in total. The van der Waals surface area contributed by atoms with Crippen molar-refractivity contribution in [3.63, 3.8) is 0 Å². The first-order valence-corrected chi connectivity index (χ1v) is 5.85. The molecule has 0 saturated heterocycles. The second-order valence-corrected chi connectivity index (χ2v) is 4.15. The Bertz CT molecular complexity index is 619. The number of benzene rings is 1. The van der Waals surface area contributed by atoms with E-state index in [2.05, 4.69) is 9.97 Å². The van der Waals surface area contributed by atoms with Crippen LogP contribution in [0.5, 0.6) is 11.8 Å². The lowest BCUT2D eigenvalue weighted by atomic mass is 10.2. The molecule has 0 bridgehead atoms. The Hall–Kier alpha value is -1.86. The predicted octanol–water partition coefficient (Wildman–Crippen LogP) is 3.40. The van der Waals surface area contributed by atoms with Crippen molar-refractivity contribution in [2.75, 3.05) is 0 Å². The van der Waals surface area contributed by atoms with Gasteiger partial charge >= 0.3 is 12.2 Å². The first kappa shape index (κ1) is 14.5. The first-order valence-electron chi connectivity index (χ1n) is 5.47. The third kappa shape index (κ3) is 3.17. The van der Waals surface area contributed by atoms with Crippen molar-refractivity contribution in [3.05, 3.63) is 46.7 Å². The molecule has 0 aliphatic heterocycles. The van der Waals surface area contributed by atoms with E-state index in [1.807, 2.05) is 0 Å². The maximum atomic E-state index is 12.5. The summed E-state index contributed by atoms with van der Waals surface area (Å²) in [5.41, 5.74) is 4.90. The number of ether oxygens (including phenoxy) is 1. The fourth-order valence-electron chi connectivity index (χ4n) is 1.48. The van der Waals surface area contributed by atoms with Crippen molar-refractivity contribution >= 4 is 11.6 Å². The van der Waals surface area contributed by atoms with E-state index in [1.54, 1.807) is 12.1 Å². The molecule has 0 spiro atoms. The van der Waals surface area contributed by atoms with Crippen LogP contribution in [0.1, 0.15) is 11.3 Å². The molecular weight excluding hydrogens is 295 g/mol. The highest BCUT2D eigenvalue weighted by Crippen LogP contribution is 2.31. The topological polar surface area (TPSA) is 61.0 Å². The number of nitrogens with two attached hydrogens (primary N) is 1. The van der Waals surface area contributed by atoms with E-state index in [9.17, 15) is 13.2 Å². The van der Waals surface area contributed by atoms with E-state index in [0.717, 1.165) is 12.3 Å². The van der Waals surface area contributed by atoms with Crippen LogP contribution in [0.2, 0.25) is 5.02 Å². The highest BCUT2D eigenvalue weighted by atomic mass is 35.5. The van der Waals surface area contributed by atoms with Crippen LogP contribution in [0.15, 0.2) is 30.5 Å². The summed E-state index contributed by atoms with van der Waals surface area (Å²) in [7, 11) is 0. The van der Waals surface area contributed by atoms with Gasteiger partial charge in [-0.2, -0.15) is 18.2 Å².